The molecule has 6 heteroatoms. The molecule has 0 fully saturated rings. The van der Waals surface area contributed by atoms with Gasteiger partial charge in [-0.2, -0.15) is 0 Å². The first-order valence-corrected chi connectivity index (χ1v) is 5.64. The van der Waals surface area contributed by atoms with Crippen molar-refractivity contribution >= 4 is 17.9 Å². The van der Waals surface area contributed by atoms with Gasteiger partial charge in [-0.1, -0.05) is 0 Å². The summed E-state index contributed by atoms with van der Waals surface area (Å²) in [4.78, 5) is 25.1. The number of carbonyl (C=O) groups excluding carboxylic acids is 2. The van der Waals surface area contributed by atoms with E-state index in [9.17, 15) is 14.0 Å². The van der Waals surface area contributed by atoms with Gasteiger partial charge in [-0.25, -0.2) is 19.0 Å². The monoisotopic (exact) mass is 266 g/mol. The summed E-state index contributed by atoms with van der Waals surface area (Å²) < 4.78 is 18.2. The molecule has 1 aromatic carbocycles. The molecule has 0 saturated heterocycles. The van der Waals surface area contributed by atoms with Crippen molar-refractivity contribution in [3.63, 3.8) is 0 Å². The zero-order chi connectivity index (χ0) is 14.5. The van der Waals surface area contributed by atoms with E-state index >= 15 is 0 Å². The summed E-state index contributed by atoms with van der Waals surface area (Å²) in [7, 11) is 0. The fourth-order valence-corrected chi connectivity index (χ4v) is 1.35. The van der Waals surface area contributed by atoms with E-state index in [0.29, 0.717) is 11.3 Å². The Morgan fingerprint density at radius 1 is 1.47 bits per heavy atom. The molecule has 19 heavy (non-hydrogen) atoms. The first kappa shape index (κ1) is 14.9. The van der Waals surface area contributed by atoms with Crippen molar-refractivity contribution in [2.45, 2.75) is 32.9 Å². The van der Waals surface area contributed by atoms with Gasteiger partial charge in [0, 0.05) is 11.3 Å². The van der Waals surface area contributed by atoms with Crippen LogP contribution in [-0.4, -0.2) is 17.8 Å². The molecule has 102 valence electrons. The number of isocyanates is 1. The molecule has 1 N–H and O–H groups in total. The Kier molecular flexibility index (Phi) is 4.78. The van der Waals surface area contributed by atoms with E-state index in [0.717, 1.165) is 0 Å². The summed E-state index contributed by atoms with van der Waals surface area (Å²) in [5.74, 6) is -0.481. The van der Waals surface area contributed by atoms with Crippen molar-refractivity contribution < 1.29 is 18.7 Å². The van der Waals surface area contributed by atoms with Crippen LogP contribution in [0.3, 0.4) is 0 Å². The molecule has 5 nitrogen and oxygen atoms in total. The summed E-state index contributed by atoms with van der Waals surface area (Å²) in [6.45, 7) is 5.13. The second-order valence-electron chi connectivity index (χ2n) is 4.84. The highest BCUT2D eigenvalue weighted by atomic mass is 19.1. The van der Waals surface area contributed by atoms with Crippen LogP contribution in [0.15, 0.2) is 23.2 Å². The van der Waals surface area contributed by atoms with Gasteiger partial charge in [-0.05, 0) is 39.0 Å². The van der Waals surface area contributed by atoms with Crippen LogP contribution in [0.1, 0.15) is 26.3 Å². The summed E-state index contributed by atoms with van der Waals surface area (Å²) in [6.07, 6.45) is 0.706. The number of amides is 1. The maximum absolute atomic E-state index is 13.1. The van der Waals surface area contributed by atoms with Crippen molar-refractivity contribution in [3.8, 4) is 0 Å². The zero-order valence-corrected chi connectivity index (χ0v) is 11.0. The molecule has 0 atom stereocenters. The van der Waals surface area contributed by atoms with Gasteiger partial charge in [0.05, 0.1) is 6.54 Å². The maximum atomic E-state index is 13.1. The van der Waals surface area contributed by atoms with Gasteiger partial charge in [0.2, 0.25) is 6.08 Å². The Morgan fingerprint density at radius 2 is 2.16 bits per heavy atom. The van der Waals surface area contributed by atoms with Crippen LogP contribution in [0.4, 0.5) is 14.9 Å². The fraction of sp³-hybridized carbons (Fsp3) is 0.385. The summed E-state index contributed by atoms with van der Waals surface area (Å²) >= 11 is 0. The lowest BCUT2D eigenvalue weighted by Crippen LogP contribution is -2.27. The second-order valence-corrected chi connectivity index (χ2v) is 4.84. The van der Waals surface area contributed by atoms with Crippen LogP contribution in [-0.2, 0) is 16.1 Å². The topological polar surface area (TPSA) is 67.8 Å². The summed E-state index contributed by atoms with van der Waals surface area (Å²) in [5.41, 5.74) is 0.0782. The zero-order valence-electron chi connectivity index (χ0n) is 11.0. The highest BCUT2D eigenvalue weighted by Crippen LogP contribution is 2.19. The van der Waals surface area contributed by atoms with Gasteiger partial charge in [0.1, 0.15) is 11.4 Å². The van der Waals surface area contributed by atoms with E-state index in [1.165, 1.54) is 24.3 Å². The number of halogens is 1. The average Bonchev–Trinajstić information content (AvgIpc) is 2.27. The minimum Gasteiger partial charge on any atom is -0.444 e. The Hall–Kier alpha value is -2.20. The molecule has 0 aliphatic rings. The fourth-order valence-electron chi connectivity index (χ4n) is 1.35. The molecule has 1 amide bonds. The van der Waals surface area contributed by atoms with E-state index in [1.807, 2.05) is 0 Å². The quantitative estimate of drug-likeness (QED) is 0.675. The summed E-state index contributed by atoms with van der Waals surface area (Å²) in [6, 6.07) is 3.77. The molecular formula is C13H15FN2O3. The Labute approximate surface area is 110 Å². The van der Waals surface area contributed by atoms with Crippen LogP contribution in [0, 0.1) is 5.82 Å². The Balaban J connectivity index is 2.87. The number of hydrogen-bond acceptors (Lipinski definition) is 4. The number of hydrogen-bond donors (Lipinski definition) is 1. The van der Waals surface area contributed by atoms with Crippen molar-refractivity contribution in [3.05, 3.63) is 29.6 Å². The molecule has 0 aromatic heterocycles. The summed E-state index contributed by atoms with van der Waals surface area (Å²) in [5, 5.41) is 2.49. The molecule has 0 aliphatic carbocycles. The largest absolute Gasteiger partial charge is 0.444 e. The number of anilines is 1. The standard InChI is InChI=1S/C13H15FN2O3/c1-13(2,3)19-12(18)16-11-5-4-10(14)6-9(11)7-15-8-17/h4-6H,7H2,1-3H3,(H,16,18). The third-order valence-electron chi connectivity index (χ3n) is 2.02. The first-order valence-electron chi connectivity index (χ1n) is 5.64. The van der Waals surface area contributed by atoms with E-state index in [-0.39, 0.29) is 6.54 Å². The SMILES string of the molecule is CC(C)(C)OC(=O)Nc1ccc(F)cc1CN=C=O. The molecule has 1 rings (SSSR count). The van der Waals surface area contributed by atoms with Gasteiger partial charge in [-0.3, -0.25) is 5.32 Å². The smallest absolute Gasteiger partial charge is 0.412 e. The van der Waals surface area contributed by atoms with Gasteiger partial charge >= 0.3 is 6.09 Å². The van der Waals surface area contributed by atoms with Gasteiger partial charge in [0.25, 0.3) is 0 Å². The van der Waals surface area contributed by atoms with Crippen LogP contribution >= 0.6 is 0 Å². The Bertz CT molecular complexity index is 517. The van der Waals surface area contributed by atoms with Gasteiger partial charge < -0.3 is 4.74 Å². The molecule has 0 heterocycles. The maximum Gasteiger partial charge on any atom is 0.412 e. The molecule has 0 saturated carbocycles. The molecule has 1 aromatic rings. The number of nitrogens with one attached hydrogen (secondary N) is 1. The number of aliphatic imine (C=N–C) groups is 1. The van der Waals surface area contributed by atoms with Gasteiger partial charge in [0.15, 0.2) is 0 Å². The lowest BCUT2D eigenvalue weighted by molar-refractivity contribution is 0.0635. The number of nitrogens with zero attached hydrogens (tertiary/aromatic N) is 1. The number of benzene rings is 1. The van der Waals surface area contributed by atoms with Crippen LogP contribution in [0.25, 0.3) is 0 Å². The van der Waals surface area contributed by atoms with Crippen molar-refractivity contribution in [2.75, 3.05) is 5.32 Å². The number of carbonyl (C=O) groups is 1. The predicted octanol–water partition coefficient (Wildman–Crippen LogP) is 3.01. The van der Waals surface area contributed by atoms with E-state index in [4.69, 9.17) is 4.74 Å². The van der Waals surface area contributed by atoms with Gasteiger partial charge in [-0.15, -0.1) is 0 Å². The minimum atomic E-state index is -0.657. The second kappa shape index (κ2) is 6.11. The predicted molar refractivity (Wildman–Crippen MR) is 68.1 cm³/mol. The molecule has 0 spiro atoms. The van der Waals surface area contributed by atoms with Crippen molar-refractivity contribution in [1.82, 2.24) is 0 Å². The number of rotatable bonds is 3. The first-order chi connectivity index (χ1) is 8.81. The molecule has 0 radical (unpaired) electrons. The van der Waals surface area contributed by atoms with E-state index < -0.39 is 17.5 Å². The average molecular weight is 266 g/mol. The lowest BCUT2D eigenvalue weighted by atomic mass is 10.1. The Morgan fingerprint density at radius 3 is 2.74 bits per heavy atom. The van der Waals surface area contributed by atoms with Crippen molar-refractivity contribution in [2.24, 2.45) is 4.99 Å². The van der Waals surface area contributed by atoms with E-state index in [1.54, 1.807) is 20.8 Å². The third kappa shape index (κ3) is 5.31. The normalized spacial score (nSPS) is 10.5. The third-order valence-corrected chi connectivity index (χ3v) is 2.02. The molecule has 0 aliphatic heterocycles. The molecule has 0 unspecified atom stereocenters. The molecule has 0 bridgehead atoms. The highest BCUT2D eigenvalue weighted by Gasteiger charge is 2.17. The van der Waals surface area contributed by atoms with Crippen molar-refractivity contribution in [1.29, 1.82) is 0 Å². The number of ether oxygens (including phenoxy) is 1. The van der Waals surface area contributed by atoms with Crippen LogP contribution in [0.5, 0.6) is 0 Å². The van der Waals surface area contributed by atoms with Crippen LogP contribution < -0.4 is 5.32 Å². The minimum absolute atomic E-state index is 0.0631. The highest BCUT2D eigenvalue weighted by molar-refractivity contribution is 5.85. The van der Waals surface area contributed by atoms with Crippen LogP contribution in [0.2, 0.25) is 0 Å². The lowest BCUT2D eigenvalue weighted by Gasteiger charge is -2.20. The van der Waals surface area contributed by atoms with E-state index in [2.05, 4.69) is 10.3 Å². The molecular weight excluding hydrogens is 251 g/mol.